The Bertz CT molecular complexity index is 669. The van der Waals surface area contributed by atoms with Gasteiger partial charge in [-0.25, -0.2) is 12.8 Å². The molecule has 0 spiro atoms. The van der Waals surface area contributed by atoms with Crippen LogP contribution < -0.4 is 9.46 Å². The first-order valence-corrected chi connectivity index (χ1v) is 6.92. The van der Waals surface area contributed by atoms with Crippen LogP contribution in [-0.4, -0.2) is 15.5 Å². The molecule has 0 aliphatic rings. The van der Waals surface area contributed by atoms with Crippen molar-refractivity contribution in [3.8, 4) is 5.75 Å². The van der Waals surface area contributed by atoms with Crippen LogP contribution >= 0.6 is 0 Å². The number of sulfonamides is 1. The average Bonchev–Trinajstić information content (AvgIpc) is 2.41. The first kappa shape index (κ1) is 13.4. The fourth-order valence-corrected chi connectivity index (χ4v) is 2.80. The number of ether oxygens (including phenoxy) is 1. The molecule has 0 heterocycles. The second-order valence-electron chi connectivity index (χ2n) is 3.76. The second-order valence-corrected chi connectivity index (χ2v) is 5.41. The highest BCUT2D eigenvalue weighted by molar-refractivity contribution is 7.92. The van der Waals surface area contributed by atoms with Crippen molar-refractivity contribution in [1.29, 1.82) is 0 Å². The molecule has 100 valence electrons. The molecule has 0 aliphatic heterocycles. The van der Waals surface area contributed by atoms with Gasteiger partial charge in [0.15, 0.2) is 0 Å². The van der Waals surface area contributed by atoms with E-state index in [1.807, 2.05) is 0 Å². The van der Waals surface area contributed by atoms with Crippen molar-refractivity contribution >= 4 is 15.7 Å². The van der Waals surface area contributed by atoms with Crippen molar-refractivity contribution < 1.29 is 17.5 Å². The minimum Gasteiger partial charge on any atom is -0.495 e. The number of para-hydroxylation sites is 1. The number of hydrogen-bond donors (Lipinski definition) is 1. The number of hydrogen-bond acceptors (Lipinski definition) is 3. The Morgan fingerprint density at radius 1 is 1.05 bits per heavy atom. The van der Waals surface area contributed by atoms with Crippen LogP contribution in [0.25, 0.3) is 0 Å². The molecule has 0 aromatic heterocycles. The summed E-state index contributed by atoms with van der Waals surface area (Å²) in [5.41, 5.74) is 0.285. The Hall–Kier alpha value is -2.08. The van der Waals surface area contributed by atoms with Gasteiger partial charge in [-0.2, -0.15) is 0 Å². The molecular formula is C13H12FNO3S. The van der Waals surface area contributed by atoms with Crippen LogP contribution in [-0.2, 0) is 10.0 Å². The standard InChI is InChI=1S/C13H12FNO3S/c1-18-12-4-2-3-5-13(12)19(16,17)15-11-8-6-10(14)7-9-11/h2-9,15H,1H3. The van der Waals surface area contributed by atoms with Gasteiger partial charge in [0, 0.05) is 5.69 Å². The Morgan fingerprint density at radius 3 is 2.32 bits per heavy atom. The van der Waals surface area contributed by atoms with Crippen LogP contribution in [0.5, 0.6) is 5.75 Å². The van der Waals surface area contributed by atoms with Crippen LogP contribution in [0.4, 0.5) is 10.1 Å². The normalized spacial score (nSPS) is 11.1. The Kier molecular flexibility index (Phi) is 3.71. The van der Waals surface area contributed by atoms with Crippen molar-refractivity contribution in [2.24, 2.45) is 0 Å². The molecule has 2 aromatic rings. The minimum atomic E-state index is -3.77. The first-order chi connectivity index (χ1) is 9.03. The summed E-state index contributed by atoms with van der Waals surface area (Å²) in [6.45, 7) is 0. The molecule has 0 amide bonds. The van der Waals surface area contributed by atoms with Gasteiger partial charge in [0.2, 0.25) is 0 Å². The van der Waals surface area contributed by atoms with Crippen LogP contribution in [0, 0.1) is 5.82 Å². The van der Waals surface area contributed by atoms with Gasteiger partial charge in [-0.3, -0.25) is 4.72 Å². The van der Waals surface area contributed by atoms with Gasteiger partial charge in [-0.1, -0.05) is 12.1 Å². The monoisotopic (exact) mass is 281 g/mol. The van der Waals surface area contributed by atoms with Crippen LogP contribution in [0.15, 0.2) is 53.4 Å². The second kappa shape index (κ2) is 5.27. The third kappa shape index (κ3) is 3.03. The summed E-state index contributed by atoms with van der Waals surface area (Å²) < 4.78 is 44.5. The Morgan fingerprint density at radius 2 is 1.68 bits per heavy atom. The third-order valence-corrected chi connectivity index (χ3v) is 3.88. The van der Waals surface area contributed by atoms with Crippen LogP contribution in [0.3, 0.4) is 0 Å². The molecule has 0 atom stereocenters. The van der Waals surface area contributed by atoms with E-state index in [1.165, 1.54) is 37.4 Å². The highest BCUT2D eigenvalue weighted by Gasteiger charge is 2.18. The third-order valence-electron chi connectivity index (χ3n) is 2.46. The smallest absolute Gasteiger partial charge is 0.265 e. The predicted molar refractivity (Wildman–Crippen MR) is 70.2 cm³/mol. The van der Waals surface area contributed by atoms with Crippen molar-refractivity contribution in [3.63, 3.8) is 0 Å². The SMILES string of the molecule is COc1ccccc1S(=O)(=O)Nc1ccc(F)cc1. The van der Waals surface area contributed by atoms with Gasteiger partial charge in [-0.05, 0) is 36.4 Å². The topological polar surface area (TPSA) is 55.4 Å². The molecule has 1 N–H and O–H groups in total. The van der Waals surface area contributed by atoms with Crippen molar-refractivity contribution in [2.75, 3.05) is 11.8 Å². The summed E-state index contributed by atoms with van der Waals surface area (Å²) in [4.78, 5) is 0.0295. The molecule has 0 fully saturated rings. The van der Waals surface area contributed by atoms with E-state index in [2.05, 4.69) is 4.72 Å². The molecule has 2 aromatic carbocycles. The fraction of sp³-hybridized carbons (Fsp3) is 0.0769. The summed E-state index contributed by atoms with van der Waals surface area (Å²) >= 11 is 0. The van der Waals surface area contributed by atoms with Gasteiger partial charge in [0.25, 0.3) is 10.0 Å². The number of nitrogens with one attached hydrogen (secondary N) is 1. The van der Waals surface area contributed by atoms with E-state index < -0.39 is 15.8 Å². The molecule has 0 aliphatic carbocycles. The molecule has 0 bridgehead atoms. The number of anilines is 1. The lowest BCUT2D eigenvalue weighted by Crippen LogP contribution is -2.13. The van der Waals surface area contributed by atoms with Crippen molar-refractivity contribution in [2.45, 2.75) is 4.90 Å². The van der Waals surface area contributed by atoms with Gasteiger partial charge in [0.05, 0.1) is 7.11 Å². The lowest BCUT2D eigenvalue weighted by molar-refractivity contribution is 0.403. The van der Waals surface area contributed by atoms with Crippen LogP contribution in [0.2, 0.25) is 0 Å². The molecule has 6 heteroatoms. The van der Waals surface area contributed by atoms with E-state index in [1.54, 1.807) is 18.2 Å². The summed E-state index contributed by atoms with van der Waals surface area (Å²) in [5.74, 6) is -0.183. The van der Waals surface area contributed by atoms with E-state index >= 15 is 0 Å². The molecule has 4 nitrogen and oxygen atoms in total. The number of benzene rings is 2. The average molecular weight is 281 g/mol. The number of rotatable bonds is 4. The predicted octanol–water partition coefficient (Wildman–Crippen LogP) is 2.64. The van der Waals surface area contributed by atoms with E-state index in [0.717, 1.165) is 0 Å². The molecule has 0 saturated heterocycles. The fourth-order valence-electron chi connectivity index (χ4n) is 1.57. The number of halogens is 1. The van der Waals surface area contributed by atoms with E-state index in [-0.39, 0.29) is 16.3 Å². The maximum atomic E-state index is 12.8. The van der Waals surface area contributed by atoms with E-state index in [4.69, 9.17) is 4.74 Å². The number of methoxy groups -OCH3 is 1. The van der Waals surface area contributed by atoms with Gasteiger partial charge in [0.1, 0.15) is 16.5 Å². The molecule has 0 saturated carbocycles. The van der Waals surface area contributed by atoms with Crippen molar-refractivity contribution in [1.82, 2.24) is 0 Å². The van der Waals surface area contributed by atoms with Crippen molar-refractivity contribution in [3.05, 3.63) is 54.3 Å². The van der Waals surface area contributed by atoms with Gasteiger partial charge < -0.3 is 4.74 Å². The maximum absolute atomic E-state index is 12.8. The highest BCUT2D eigenvalue weighted by atomic mass is 32.2. The summed E-state index contributed by atoms with van der Waals surface area (Å²) in [5, 5.41) is 0. The summed E-state index contributed by atoms with van der Waals surface area (Å²) in [7, 11) is -2.37. The zero-order chi connectivity index (χ0) is 13.9. The molecule has 2 rings (SSSR count). The Labute approximate surface area is 110 Å². The largest absolute Gasteiger partial charge is 0.495 e. The maximum Gasteiger partial charge on any atom is 0.265 e. The van der Waals surface area contributed by atoms with Gasteiger partial charge in [-0.15, -0.1) is 0 Å². The zero-order valence-corrected chi connectivity index (χ0v) is 10.9. The molecule has 19 heavy (non-hydrogen) atoms. The summed E-state index contributed by atoms with van der Waals surface area (Å²) in [6.07, 6.45) is 0. The molecular weight excluding hydrogens is 269 g/mol. The first-order valence-electron chi connectivity index (χ1n) is 5.44. The van der Waals surface area contributed by atoms with Gasteiger partial charge >= 0.3 is 0 Å². The quantitative estimate of drug-likeness (QED) is 0.937. The molecule has 0 radical (unpaired) electrons. The Balaban J connectivity index is 2.35. The van der Waals surface area contributed by atoms with Crippen LogP contribution in [0.1, 0.15) is 0 Å². The van der Waals surface area contributed by atoms with E-state index in [9.17, 15) is 12.8 Å². The zero-order valence-electron chi connectivity index (χ0n) is 10.1. The summed E-state index contributed by atoms with van der Waals surface area (Å²) in [6, 6.07) is 11.3. The van der Waals surface area contributed by atoms with E-state index in [0.29, 0.717) is 0 Å². The molecule has 0 unspecified atom stereocenters. The highest BCUT2D eigenvalue weighted by Crippen LogP contribution is 2.25. The lowest BCUT2D eigenvalue weighted by Gasteiger charge is -2.11. The minimum absolute atomic E-state index is 0.0295. The lowest BCUT2D eigenvalue weighted by atomic mass is 10.3.